The Morgan fingerprint density at radius 2 is 2.19 bits per heavy atom. The van der Waals surface area contributed by atoms with Crippen LogP contribution >= 0.6 is 22.9 Å². The van der Waals surface area contributed by atoms with Gasteiger partial charge in [0.15, 0.2) is 0 Å². The van der Waals surface area contributed by atoms with Crippen LogP contribution < -0.4 is 5.32 Å². The van der Waals surface area contributed by atoms with Gasteiger partial charge in [-0.25, -0.2) is 4.98 Å². The first kappa shape index (κ1) is 13.9. The number of hydrogen-bond donors (Lipinski definition) is 2. The van der Waals surface area contributed by atoms with E-state index in [0.717, 1.165) is 17.8 Å². The Balaban J connectivity index is 2.24. The average molecular weight is 263 g/mol. The molecule has 0 bridgehead atoms. The van der Waals surface area contributed by atoms with E-state index in [0.29, 0.717) is 23.3 Å². The Labute approximate surface area is 106 Å². The maximum Gasteiger partial charge on any atom is 0.113 e. The molecule has 0 saturated heterocycles. The summed E-state index contributed by atoms with van der Waals surface area (Å²) in [5.74, 6) is 0.382. The molecule has 0 amide bonds. The summed E-state index contributed by atoms with van der Waals surface area (Å²) in [4.78, 5) is 4.14. The van der Waals surface area contributed by atoms with Crippen LogP contribution in [0.15, 0.2) is 6.20 Å². The van der Waals surface area contributed by atoms with Gasteiger partial charge in [-0.15, -0.1) is 11.3 Å². The molecule has 1 heterocycles. The second-order valence-electron chi connectivity index (χ2n) is 3.83. The van der Waals surface area contributed by atoms with Gasteiger partial charge in [0.2, 0.25) is 0 Å². The van der Waals surface area contributed by atoms with Crippen molar-refractivity contribution in [1.82, 2.24) is 10.3 Å². The Hall–Kier alpha value is -0.160. The molecule has 0 radical (unpaired) electrons. The number of nitrogens with zero attached hydrogens (tertiary/aromatic N) is 1. The van der Waals surface area contributed by atoms with Crippen LogP contribution in [0.25, 0.3) is 0 Å². The molecule has 1 unspecified atom stereocenters. The van der Waals surface area contributed by atoms with Crippen LogP contribution in [0.5, 0.6) is 0 Å². The molecule has 92 valence electrons. The molecular weight excluding hydrogens is 244 g/mol. The lowest BCUT2D eigenvalue weighted by atomic mass is 9.97. The highest BCUT2D eigenvalue weighted by atomic mass is 35.5. The summed E-state index contributed by atoms with van der Waals surface area (Å²) < 4.78 is 0.706. The molecule has 0 spiro atoms. The van der Waals surface area contributed by atoms with E-state index < -0.39 is 0 Å². The second-order valence-corrected chi connectivity index (χ2v) is 5.58. The van der Waals surface area contributed by atoms with Gasteiger partial charge in [-0.05, 0) is 5.92 Å². The molecule has 2 N–H and O–H groups in total. The SMILES string of the molecule is CCC(CC)C(O)CNCc1ncc(Cl)s1. The van der Waals surface area contributed by atoms with E-state index in [2.05, 4.69) is 24.1 Å². The van der Waals surface area contributed by atoms with Crippen molar-refractivity contribution in [3.63, 3.8) is 0 Å². The number of aliphatic hydroxyl groups is 1. The minimum atomic E-state index is -0.273. The van der Waals surface area contributed by atoms with Crippen molar-refractivity contribution in [2.45, 2.75) is 39.3 Å². The second kappa shape index (κ2) is 7.22. The van der Waals surface area contributed by atoms with Gasteiger partial charge in [0.25, 0.3) is 0 Å². The van der Waals surface area contributed by atoms with Gasteiger partial charge in [-0.1, -0.05) is 38.3 Å². The molecular formula is C11H19ClN2OS. The quantitative estimate of drug-likeness (QED) is 0.794. The van der Waals surface area contributed by atoms with Crippen molar-refractivity contribution in [2.75, 3.05) is 6.54 Å². The molecule has 0 aliphatic heterocycles. The predicted molar refractivity (Wildman–Crippen MR) is 68.9 cm³/mol. The van der Waals surface area contributed by atoms with E-state index in [1.54, 1.807) is 6.20 Å². The first-order valence-corrected chi connectivity index (χ1v) is 6.85. The van der Waals surface area contributed by atoms with E-state index in [9.17, 15) is 5.11 Å². The normalized spacial score (nSPS) is 13.3. The summed E-state index contributed by atoms with van der Waals surface area (Å²) >= 11 is 7.25. The summed E-state index contributed by atoms with van der Waals surface area (Å²) in [7, 11) is 0. The maximum absolute atomic E-state index is 9.89. The number of hydrogen-bond acceptors (Lipinski definition) is 4. The third-order valence-electron chi connectivity index (χ3n) is 2.75. The highest BCUT2D eigenvalue weighted by Gasteiger charge is 2.14. The molecule has 1 aromatic rings. The molecule has 1 atom stereocenters. The molecule has 0 fully saturated rings. The lowest BCUT2D eigenvalue weighted by molar-refractivity contribution is 0.101. The topological polar surface area (TPSA) is 45.1 Å². The Morgan fingerprint density at radius 1 is 1.50 bits per heavy atom. The van der Waals surface area contributed by atoms with Gasteiger partial charge in [0, 0.05) is 13.1 Å². The minimum Gasteiger partial charge on any atom is -0.392 e. The third kappa shape index (κ3) is 4.37. The Kier molecular flexibility index (Phi) is 6.28. The number of rotatable bonds is 7. The summed E-state index contributed by atoms with van der Waals surface area (Å²) in [6.07, 6.45) is 3.41. The lowest BCUT2D eigenvalue weighted by Crippen LogP contribution is -2.32. The highest BCUT2D eigenvalue weighted by Crippen LogP contribution is 2.18. The predicted octanol–water partition coefficient (Wildman–Crippen LogP) is 2.68. The largest absolute Gasteiger partial charge is 0.392 e. The molecule has 3 nitrogen and oxygen atoms in total. The number of thiazole rings is 1. The van der Waals surface area contributed by atoms with Gasteiger partial charge in [-0.3, -0.25) is 0 Å². The minimum absolute atomic E-state index is 0.273. The van der Waals surface area contributed by atoms with Crippen LogP contribution in [0, 0.1) is 5.92 Å². The Bertz CT molecular complexity index is 302. The first-order chi connectivity index (χ1) is 7.67. The molecule has 0 aliphatic carbocycles. The van der Waals surface area contributed by atoms with Gasteiger partial charge in [-0.2, -0.15) is 0 Å². The van der Waals surface area contributed by atoms with Gasteiger partial charge in [0.05, 0.1) is 12.3 Å². The molecule has 0 aromatic carbocycles. The third-order valence-corrected chi connectivity index (χ3v) is 3.86. The lowest BCUT2D eigenvalue weighted by Gasteiger charge is -2.20. The monoisotopic (exact) mass is 262 g/mol. The van der Waals surface area contributed by atoms with Crippen molar-refractivity contribution >= 4 is 22.9 Å². The zero-order valence-electron chi connectivity index (χ0n) is 9.74. The van der Waals surface area contributed by atoms with Crippen molar-refractivity contribution in [3.05, 3.63) is 15.5 Å². The number of aromatic nitrogens is 1. The molecule has 16 heavy (non-hydrogen) atoms. The van der Waals surface area contributed by atoms with Crippen LogP contribution in [0.2, 0.25) is 4.34 Å². The van der Waals surface area contributed by atoms with Crippen LogP contribution in [-0.4, -0.2) is 22.7 Å². The maximum atomic E-state index is 9.89. The van der Waals surface area contributed by atoms with Crippen LogP contribution in [0.1, 0.15) is 31.7 Å². The van der Waals surface area contributed by atoms with E-state index in [-0.39, 0.29) is 6.10 Å². The fraction of sp³-hybridized carbons (Fsp3) is 0.727. The molecule has 5 heteroatoms. The van der Waals surface area contributed by atoms with Crippen molar-refractivity contribution < 1.29 is 5.11 Å². The summed E-state index contributed by atoms with van der Waals surface area (Å²) in [5.41, 5.74) is 0. The average Bonchev–Trinajstić information content (AvgIpc) is 2.66. The fourth-order valence-electron chi connectivity index (χ4n) is 1.70. The summed E-state index contributed by atoms with van der Waals surface area (Å²) in [5, 5.41) is 14.0. The molecule has 1 aromatic heterocycles. The van der Waals surface area contributed by atoms with Gasteiger partial charge in [0.1, 0.15) is 9.34 Å². The fourth-order valence-corrected chi connectivity index (χ4v) is 2.62. The summed E-state index contributed by atoms with van der Waals surface area (Å²) in [6.45, 7) is 5.51. The van der Waals surface area contributed by atoms with Crippen LogP contribution in [0.3, 0.4) is 0 Å². The molecule has 0 saturated carbocycles. The van der Waals surface area contributed by atoms with Crippen molar-refractivity contribution in [2.24, 2.45) is 5.92 Å². The number of aliphatic hydroxyl groups excluding tert-OH is 1. The van der Waals surface area contributed by atoms with Gasteiger partial charge >= 0.3 is 0 Å². The number of halogens is 1. The van der Waals surface area contributed by atoms with Crippen LogP contribution in [-0.2, 0) is 6.54 Å². The van der Waals surface area contributed by atoms with E-state index in [1.807, 2.05) is 0 Å². The number of nitrogens with one attached hydrogen (secondary N) is 1. The zero-order valence-corrected chi connectivity index (χ0v) is 11.3. The zero-order chi connectivity index (χ0) is 12.0. The van der Waals surface area contributed by atoms with E-state index in [1.165, 1.54) is 11.3 Å². The molecule has 0 aliphatic rings. The molecule has 1 rings (SSSR count). The van der Waals surface area contributed by atoms with Crippen LogP contribution in [0.4, 0.5) is 0 Å². The van der Waals surface area contributed by atoms with Crippen molar-refractivity contribution in [1.29, 1.82) is 0 Å². The van der Waals surface area contributed by atoms with E-state index in [4.69, 9.17) is 11.6 Å². The smallest absolute Gasteiger partial charge is 0.113 e. The standard InChI is InChI=1S/C11H19ClN2OS/c1-3-8(4-2)9(15)5-13-7-11-14-6-10(12)16-11/h6,8-9,13,15H,3-5,7H2,1-2H3. The first-order valence-electron chi connectivity index (χ1n) is 5.66. The van der Waals surface area contributed by atoms with Gasteiger partial charge < -0.3 is 10.4 Å². The highest BCUT2D eigenvalue weighted by molar-refractivity contribution is 7.15. The van der Waals surface area contributed by atoms with E-state index >= 15 is 0 Å². The van der Waals surface area contributed by atoms with Crippen molar-refractivity contribution in [3.8, 4) is 0 Å². The Morgan fingerprint density at radius 3 is 2.69 bits per heavy atom. The summed E-state index contributed by atoms with van der Waals surface area (Å²) in [6, 6.07) is 0.